The van der Waals surface area contributed by atoms with Crippen LogP contribution >= 0.6 is 11.6 Å². The lowest BCUT2D eigenvalue weighted by molar-refractivity contribution is -0.138. The number of aliphatic carboxylic acids is 1. The van der Waals surface area contributed by atoms with Crippen molar-refractivity contribution in [3.05, 3.63) is 79.7 Å². The van der Waals surface area contributed by atoms with Crippen molar-refractivity contribution in [2.75, 3.05) is 5.32 Å². The van der Waals surface area contributed by atoms with Crippen molar-refractivity contribution < 1.29 is 9.90 Å². The van der Waals surface area contributed by atoms with Gasteiger partial charge >= 0.3 is 11.7 Å². The van der Waals surface area contributed by atoms with Crippen LogP contribution in [0.15, 0.2) is 52.1 Å². The van der Waals surface area contributed by atoms with E-state index in [1.807, 2.05) is 18.2 Å². The molecule has 0 unspecified atom stereocenters. The molecule has 0 aliphatic heterocycles. The van der Waals surface area contributed by atoms with Gasteiger partial charge in [-0.15, -0.1) is 0 Å². The fraction of sp³-hybridized carbons (Fsp3) is 0.240. The summed E-state index contributed by atoms with van der Waals surface area (Å²) in [7, 11) is 3.25. The molecular formula is C25H22ClN7O4. The smallest absolute Gasteiger partial charge is 0.332 e. The second-order valence-corrected chi connectivity index (χ2v) is 9.66. The predicted octanol–water partition coefficient (Wildman–Crippen LogP) is 2.94. The van der Waals surface area contributed by atoms with E-state index < -0.39 is 23.1 Å². The Morgan fingerprint density at radius 2 is 1.95 bits per heavy atom. The number of aromatic nitrogens is 6. The summed E-state index contributed by atoms with van der Waals surface area (Å²) >= 11 is 6.28. The molecule has 0 spiro atoms. The summed E-state index contributed by atoms with van der Waals surface area (Å²) in [6, 6.07) is 12.6. The molecule has 1 fully saturated rings. The van der Waals surface area contributed by atoms with Gasteiger partial charge in [-0.2, -0.15) is 4.98 Å². The number of H-pyrrole nitrogens is 1. The average Bonchev–Trinajstić information content (AvgIpc) is 3.48. The van der Waals surface area contributed by atoms with E-state index >= 15 is 0 Å². The lowest BCUT2D eigenvalue weighted by Crippen LogP contribution is -2.39. The molecule has 1 aliphatic carbocycles. The molecule has 12 heteroatoms. The van der Waals surface area contributed by atoms with E-state index in [2.05, 4.69) is 20.3 Å². The van der Waals surface area contributed by atoms with Crippen LogP contribution in [0.3, 0.4) is 0 Å². The van der Waals surface area contributed by atoms with Crippen LogP contribution < -0.4 is 16.6 Å². The van der Waals surface area contributed by atoms with Gasteiger partial charge in [0.25, 0.3) is 5.56 Å². The van der Waals surface area contributed by atoms with Crippen LogP contribution in [-0.4, -0.2) is 39.7 Å². The van der Waals surface area contributed by atoms with Crippen molar-refractivity contribution in [1.82, 2.24) is 28.7 Å². The Balaban J connectivity index is 1.37. The maximum atomic E-state index is 13.5. The standard InChI is InChI=1S/C25H22ClN7O4/c1-31-20-21(30-24(31)29-19-8-4-7-17(28-19)13-10-14(13)23(35)36)32(2)25(37)33(22(20)34)11-12-9-15-16(26)5-3-6-18(15)27-12/h3-9,13-14,27H,10-11H2,1-2H3,(H,35,36)(H,28,29,30)/t13-,14-/m1/s1. The van der Waals surface area contributed by atoms with Gasteiger partial charge in [0.2, 0.25) is 5.95 Å². The van der Waals surface area contributed by atoms with Gasteiger partial charge in [0.1, 0.15) is 5.82 Å². The van der Waals surface area contributed by atoms with Crippen molar-refractivity contribution in [2.45, 2.75) is 18.9 Å². The van der Waals surface area contributed by atoms with Gasteiger partial charge in [-0.3, -0.25) is 18.7 Å². The molecule has 1 saturated carbocycles. The average molecular weight is 520 g/mol. The third-order valence-corrected chi connectivity index (χ3v) is 7.18. The molecule has 0 saturated heterocycles. The Bertz CT molecular complexity index is 1850. The second-order valence-electron chi connectivity index (χ2n) is 9.25. The first-order chi connectivity index (χ1) is 17.7. The molecule has 6 rings (SSSR count). The minimum absolute atomic E-state index is 0.0378. The number of aromatic amines is 1. The quantitative estimate of drug-likeness (QED) is 0.313. The van der Waals surface area contributed by atoms with Crippen molar-refractivity contribution >= 4 is 51.4 Å². The number of hydrogen-bond donors (Lipinski definition) is 3. The number of carboxylic acids is 1. The molecule has 4 aromatic heterocycles. The molecule has 2 atom stereocenters. The maximum absolute atomic E-state index is 13.5. The number of halogens is 1. The molecule has 1 aliphatic rings. The van der Waals surface area contributed by atoms with E-state index in [9.17, 15) is 19.5 Å². The highest BCUT2D eigenvalue weighted by molar-refractivity contribution is 6.35. The van der Waals surface area contributed by atoms with Gasteiger partial charge in [0.05, 0.1) is 12.5 Å². The lowest BCUT2D eigenvalue weighted by Gasteiger charge is -2.08. The minimum atomic E-state index is -0.826. The number of anilines is 2. The van der Waals surface area contributed by atoms with E-state index in [1.165, 1.54) is 4.57 Å². The number of fused-ring (bicyclic) bond motifs is 2. The Kier molecular flexibility index (Phi) is 5.19. The normalized spacial score (nSPS) is 16.9. The Morgan fingerprint density at radius 1 is 1.16 bits per heavy atom. The highest BCUT2D eigenvalue weighted by atomic mass is 35.5. The van der Waals surface area contributed by atoms with Crippen molar-refractivity contribution in [1.29, 1.82) is 0 Å². The maximum Gasteiger partial charge on any atom is 0.332 e. The summed E-state index contributed by atoms with van der Waals surface area (Å²) in [6.07, 6.45) is 0.558. The zero-order valence-corrected chi connectivity index (χ0v) is 20.7. The molecule has 188 valence electrons. The number of hydrogen-bond acceptors (Lipinski definition) is 6. The molecule has 3 N–H and O–H groups in total. The number of rotatable bonds is 6. The molecular weight excluding hydrogens is 498 g/mol. The zero-order chi connectivity index (χ0) is 26.0. The molecule has 5 aromatic rings. The predicted molar refractivity (Wildman–Crippen MR) is 139 cm³/mol. The SMILES string of the molecule is Cn1c(Nc2cccc([C@@H]3C[C@H]3C(=O)O)n2)nc2c1c(=O)n(Cc1cc3c(Cl)cccc3[nH]1)c(=O)n2C. The van der Waals surface area contributed by atoms with Crippen LogP contribution in [0.4, 0.5) is 11.8 Å². The zero-order valence-electron chi connectivity index (χ0n) is 19.9. The van der Waals surface area contributed by atoms with E-state index in [-0.39, 0.29) is 23.6 Å². The first-order valence-electron chi connectivity index (χ1n) is 11.6. The van der Waals surface area contributed by atoms with Crippen LogP contribution in [0.1, 0.15) is 23.7 Å². The second kappa shape index (κ2) is 8.34. The van der Waals surface area contributed by atoms with Crippen molar-refractivity contribution in [2.24, 2.45) is 20.0 Å². The van der Waals surface area contributed by atoms with Gasteiger partial charge in [-0.05, 0) is 36.8 Å². The molecule has 11 nitrogen and oxygen atoms in total. The van der Waals surface area contributed by atoms with Crippen LogP contribution in [0.2, 0.25) is 5.02 Å². The summed E-state index contributed by atoms with van der Waals surface area (Å²) in [4.78, 5) is 50.1. The van der Waals surface area contributed by atoms with E-state index in [4.69, 9.17) is 11.6 Å². The van der Waals surface area contributed by atoms with Gasteiger partial charge in [-0.25, -0.2) is 9.78 Å². The van der Waals surface area contributed by atoms with E-state index in [1.54, 1.807) is 42.9 Å². The number of imidazole rings is 1. The summed E-state index contributed by atoms with van der Waals surface area (Å²) in [5, 5.41) is 13.7. The monoisotopic (exact) mass is 519 g/mol. The number of carbonyl (C=O) groups is 1. The summed E-state index contributed by atoms with van der Waals surface area (Å²) < 4.78 is 4.08. The highest BCUT2D eigenvalue weighted by Crippen LogP contribution is 2.47. The number of aryl methyl sites for hydroxylation is 2. The molecule has 0 amide bonds. The summed E-state index contributed by atoms with van der Waals surface area (Å²) in [5.74, 6) is -0.569. The molecule has 1 aromatic carbocycles. The number of pyridine rings is 1. The van der Waals surface area contributed by atoms with E-state index in [0.717, 1.165) is 15.5 Å². The first-order valence-corrected chi connectivity index (χ1v) is 12.0. The molecule has 0 radical (unpaired) electrons. The van der Waals surface area contributed by atoms with Crippen LogP contribution in [0, 0.1) is 5.92 Å². The number of carboxylic acid groups (broad SMARTS) is 1. The largest absolute Gasteiger partial charge is 0.481 e. The Labute approximate surface area is 214 Å². The molecule has 4 heterocycles. The first kappa shape index (κ1) is 23.0. The number of nitrogens with one attached hydrogen (secondary N) is 2. The fourth-order valence-electron chi connectivity index (χ4n) is 4.76. The molecule has 0 bridgehead atoms. The highest BCUT2D eigenvalue weighted by Gasteiger charge is 2.45. The molecule has 37 heavy (non-hydrogen) atoms. The van der Waals surface area contributed by atoms with Crippen LogP contribution in [-0.2, 0) is 25.4 Å². The summed E-state index contributed by atoms with van der Waals surface area (Å²) in [5.41, 5.74) is 1.68. The number of nitrogens with zero attached hydrogens (tertiary/aromatic N) is 5. The van der Waals surface area contributed by atoms with Crippen LogP contribution in [0.25, 0.3) is 22.1 Å². The Morgan fingerprint density at radius 3 is 2.68 bits per heavy atom. The van der Waals surface area contributed by atoms with Gasteiger partial charge < -0.3 is 20.0 Å². The summed E-state index contributed by atoms with van der Waals surface area (Å²) in [6.45, 7) is 0.0378. The topological polar surface area (TPSA) is 140 Å². The fourth-order valence-corrected chi connectivity index (χ4v) is 4.99. The Hall–Kier alpha value is -4.38. The van der Waals surface area contributed by atoms with Gasteiger partial charge in [0, 0.05) is 47.3 Å². The third kappa shape index (κ3) is 3.78. The lowest BCUT2D eigenvalue weighted by atomic mass is 10.2. The van der Waals surface area contributed by atoms with E-state index in [0.29, 0.717) is 34.6 Å². The third-order valence-electron chi connectivity index (χ3n) is 6.85. The van der Waals surface area contributed by atoms with Gasteiger partial charge in [0.15, 0.2) is 11.2 Å². The number of benzene rings is 1. The van der Waals surface area contributed by atoms with Gasteiger partial charge in [-0.1, -0.05) is 23.7 Å². The van der Waals surface area contributed by atoms with Crippen LogP contribution in [0.5, 0.6) is 0 Å². The minimum Gasteiger partial charge on any atom is -0.481 e. The van der Waals surface area contributed by atoms with Crippen molar-refractivity contribution in [3.8, 4) is 0 Å². The van der Waals surface area contributed by atoms with Crippen molar-refractivity contribution in [3.63, 3.8) is 0 Å².